The highest BCUT2D eigenvalue weighted by atomic mass is 79.9. The zero-order valence-corrected chi connectivity index (χ0v) is 12.1. The number of hydrogen-bond acceptors (Lipinski definition) is 1. The highest BCUT2D eigenvalue weighted by molar-refractivity contribution is 9.09. The number of amides is 1. The zero-order chi connectivity index (χ0) is 13.2. The van der Waals surface area contributed by atoms with E-state index in [4.69, 9.17) is 0 Å². The molecule has 1 aliphatic carbocycles. The predicted octanol–water partition coefficient (Wildman–Crippen LogP) is 3.45. The Labute approximate surface area is 115 Å². The lowest BCUT2D eigenvalue weighted by molar-refractivity contribution is -0.138. The van der Waals surface area contributed by atoms with Gasteiger partial charge in [-0.05, 0) is 31.6 Å². The third-order valence-corrected chi connectivity index (χ3v) is 4.56. The molecule has 1 saturated heterocycles. The van der Waals surface area contributed by atoms with Gasteiger partial charge in [0.1, 0.15) is 0 Å². The molecule has 0 aromatic heterocycles. The first-order valence-electron chi connectivity index (χ1n) is 6.74. The molecule has 0 bridgehead atoms. The lowest BCUT2D eigenvalue weighted by Crippen LogP contribution is -2.42. The van der Waals surface area contributed by atoms with Crippen LogP contribution in [0.25, 0.3) is 0 Å². The summed E-state index contributed by atoms with van der Waals surface area (Å²) in [7, 11) is 0. The Morgan fingerprint density at radius 1 is 1.39 bits per heavy atom. The third kappa shape index (κ3) is 3.43. The van der Waals surface area contributed by atoms with Gasteiger partial charge < -0.3 is 4.90 Å². The number of carbonyl (C=O) groups excluding carboxylic acids is 1. The highest BCUT2D eigenvalue weighted by Gasteiger charge is 2.44. The maximum atomic E-state index is 13.1. The van der Waals surface area contributed by atoms with Crippen molar-refractivity contribution in [2.75, 3.05) is 18.4 Å². The van der Waals surface area contributed by atoms with Gasteiger partial charge in [0.2, 0.25) is 11.8 Å². The summed E-state index contributed by atoms with van der Waals surface area (Å²) in [4.78, 5) is 14.0. The van der Waals surface area contributed by atoms with Gasteiger partial charge in [0.25, 0.3) is 0 Å². The highest BCUT2D eigenvalue weighted by Crippen LogP contribution is 2.40. The summed E-state index contributed by atoms with van der Waals surface area (Å²) >= 11 is 3.42. The molecule has 0 aromatic rings. The number of piperidine rings is 1. The van der Waals surface area contributed by atoms with Crippen molar-refractivity contribution >= 4 is 21.8 Å². The van der Waals surface area contributed by atoms with Crippen LogP contribution < -0.4 is 0 Å². The van der Waals surface area contributed by atoms with Crippen LogP contribution in [-0.2, 0) is 4.79 Å². The number of carbonyl (C=O) groups is 1. The molecule has 0 aromatic carbocycles. The second-order valence-electron chi connectivity index (χ2n) is 5.57. The summed E-state index contributed by atoms with van der Waals surface area (Å²) in [6.07, 6.45) is 3.20. The number of alkyl halides is 3. The number of nitrogens with zero attached hydrogens (tertiary/aromatic N) is 1. The largest absolute Gasteiger partial charge is 0.342 e. The minimum atomic E-state index is -2.62. The van der Waals surface area contributed by atoms with Crippen LogP contribution in [0, 0.1) is 11.8 Å². The Bertz CT molecular complexity index is 309. The molecule has 0 N–H and O–H groups in total. The van der Waals surface area contributed by atoms with Crippen molar-refractivity contribution in [2.24, 2.45) is 11.8 Å². The Balaban J connectivity index is 1.89. The molecular weight excluding hydrogens is 304 g/mol. The van der Waals surface area contributed by atoms with E-state index in [1.807, 2.05) is 4.90 Å². The SMILES string of the molecule is O=C(C1CCC(F)(F)C1)N1CCCC(CCBr)C1. The van der Waals surface area contributed by atoms with Crippen molar-refractivity contribution in [3.8, 4) is 0 Å². The second kappa shape index (κ2) is 5.85. The van der Waals surface area contributed by atoms with E-state index in [0.29, 0.717) is 12.3 Å². The topological polar surface area (TPSA) is 20.3 Å². The van der Waals surface area contributed by atoms with Crippen LogP contribution in [0.4, 0.5) is 8.78 Å². The van der Waals surface area contributed by atoms with Crippen LogP contribution in [0.15, 0.2) is 0 Å². The Kier molecular flexibility index (Phi) is 4.62. The van der Waals surface area contributed by atoms with Gasteiger partial charge >= 0.3 is 0 Å². The molecule has 2 aliphatic rings. The minimum Gasteiger partial charge on any atom is -0.342 e. The van der Waals surface area contributed by atoms with Gasteiger partial charge in [-0.15, -0.1) is 0 Å². The molecule has 1 heterocycles. The van der Waals surface area contributed by atoms with E-state index in [0.717, 1.165) is 37.7 Å². The molecule has 1 aliphatic heterocycles. The first-order valence-corrected chi connectivity index (χ1v) is 7.86. The van der Waals surface area contributed by atoms with Crippen molar-refractivity contribution in [3.63, 3.8) is 0 Å². The Morgan fingerprint density at radius 2 is 2.17 bits per heavy atom. The van der Waals surface area contributed by atoms with E-state index in [1.165, 1.54) is 0 Å². The van der Waals surface area contributed by atoms with Crippen molar-refractivity contribution < 1.29 is 13.6 Å². The second-order valence-corrected chi connectivity index (χ2v) is 6.36. The Morgan fingerprint density at radius 3 is 2.78 bits per heavy atom. The van der Waals surface area contributed by atoms with Gasteiger partial charge in [0.15, 0.2) is 0 Å². The van der Waals surface area contributed by atoms with Gasteiger partial charge in [-0.25, -0.2) is 8.78 Å². The van der Waals surface area contributed by atoms with Crippen LogP contribution in [0.3, 0.4) is 0 Å². The third-order valence-electron chi connectivity index (χ3n) is 4.10. The number of halogens is 3. The molecule has 2 nitrogen and oxygen atoms in total. The van der Waals surface area contributed by atoms with Gasteiger partial charge in [0.05, 0.1) is 0 Å². The van der Waals surface area contributed by atoms with Gasteiger partial charge in [0, 0.05) is 37.2 Å². The molecular formula is C13H20BrF2NO. The summed E-state index contributed by atoms with van der Waals surface area (Å²) in [5, 5.41) is 0.946. The van der Waals surface area contributed by atoms with Crippen LogP contribution in [0.2, 0.25) is 0 Å². The molecule has 2 unspecified atom stereocenters. The molecule has 2 atom stereocenters. The Hall–Kier alpha value is -0.190. The number of likely N-dealkylation sites (tertiary alicyclic amines) is 1. The fourth-order valence-corrected chi connectivity index (χ4v) is 3.72. The standard InChI is InChI=1S/C13H20BrF2NO/c14-6-4-10-2-1-7-17(9-10)12(18)11-3-5-13(15,16)8-11/h10-11H,1-9H2. The van der Waals surface area contributed by atoms with Crippen LogP contribution in [0.1, 0.15) is 38.5 Å². The number of rotatable bonds is 3. The first-order chi connectivity index (χ1) is 8.52. The van der Waals surface area contributed by atoms with Crippen LogP contribution >= 0.6 is 15.9 Å². The quantitative estimate of drug-likeness (QED) is 0.728. The maximum Gasteiger partial charge on any atom is 0.248 e. The molecule has 0 spiro atoms. The maximum absolute atomic E-state index is 13.1. The zero-order valence-electron chi connectivity index (χ0n) is 10.5. The van der Waals surface area contributed by atoms with Crippen molar-refractivity contribution in [2.45, 2.75) is 44.4 Å². The van der Waals surface area contributed by atoms with Crippen LogP contribution in [0.5, 0.6) is 0 Å². The van der Waals surface area contributed by atoms with Crippen molar-refractivity contribution in [3.05, 3.63) is 0 Å². The molecule has 104 valence electrons. The summed E-state index contributed by atoms with van der Waals surface area (Å²) in [5.74, 6) is -2.57. The monoisotopic (exact) mass is 323 g/mol. The average molecular weight is 324 g/mol. The fourth-order valence-electron chi connectivity index (χ4n) is 3.07. The molecule has 18 heavy (non-hydrogen) atoms. The summed E-state index contributed by atoms with van der Waals surface area (Å²) in [6.45, 7) is 1.51. The minimum absolute atomic E-state index is 0.0357. The molecule has 5 heteroatoms. The normalized spacial score (nSPS) is 31.6. The smallest absolute Gasteiger partial charge is 0.248 e. The molecule has 2 fully saturated rings. The van der Waals surface area contributed by atoms with Gasteiger partial charge in [-0.1, -0.05) is 15.9 Å². The van der Waals surface area contributed by atoms with E-state index in [-0.39, 0.29) is 18.7 Å². The van der Waals surface area contributed by atoms with E-state index in [9.17, 15) is 13.6 Å². The molecule has 2 rings (SSSR count). The van der Waals surface area contributed by atoms with E-state index in [1.54, 1.807) is 0 Å². The predicted molar refractivity (Wildman–Crippen MR) is 70.0 cm³/mol. The summed E-state index contributed by atoms with van der Waals surface area (Å²) < 4.78 is 26.3. The molecule has 0 radical (unpaired) electrons. The lowest BCUT2D eigenvalue weighted by Gasteiger charge is -2.34. The van der Waals surface area contributed by atoms with E-state index >= 15 is 0 Å². The van der Waals surface area contributed by atoms with Crippen molar-refractivity contribution in [1.29, 1.82) is 0 Å². The average Bonchev–Trinajstić information content (AvgIpc) is 2.70. The van der Waals surface area contributed by atoms with Crippen LogP contribution in [-0.4, -0.2) is 35.1 Å². The molecule has 1 amide bonds. The summed E-state index contributed by atoms with van der Waals surface area (Å²) in [6, 6.07) is 0. The van der Waals surface area contributed by atoms with E-state index in [2.05, 4.69) is 15.9 Å². The van der Waals surface area contributed by atoms with Crippen molar-refractivity contribution in [1.82, 2.24) is 4.90 Å². The van der Waals surface area contributed by atoms with E-state index < -0.39 is 11.8 Å². The van der Waals surface area contributed by atoms with Gasteiger partial charge in [-0.3, -0.25) is 4.79 Å². The fraction of sp³-hybridized carbons (Fsp3) is 0.923. The first kappa shape index (κ1) is 14.2. The lowest BCUT2D eigenvalue weighted by atomic mass is 9.94. The summed E-state index contributed by atoms with van der Waals surface area (Å²) in [5.41, 5.74) is 0. The van der Waals surface area contributed by atoms with Gasteiger partial charge in [-0.2, -0.15) is 0 Å². The number of hydrogen-bond donors (Lipinski definition) is 0. The molecule has 1 saturated carbocycles.